The molecule has 0 aromatic carbocycles. The third-order valence-corrected chi connectivity index (χ3v) is 0.544. The van der Waals surface area contributed by atoms with E-state index in [4.69, 9.17) is 4.74 Å². The van der Waals surface area contributed by atoms with Gasteiger partial charge in [0, 0.05) is 23.1 Å². The van der Waals surface area contributed by atoms with E-state index in [2.05, 4.69) is 0 Å². The predicted octanol–water partition coefficient (Wildman–Crippen LogP) is 1.44. The Kier molecular flexibility index (Phi) is 8.43. The van der Waals surface area contributed by atoms with Crippen LogP contribution in [0.4, 0.5) is 0 Å². The number of ether oxygens (including phenoxy) is 1. The number of rotatable bonds is 2. The summed E-state index contributed by atoms with van der Waals surface area (Å²) >= 11 is 0. The van der Waals surface area contributed by atoms with Crippen molar-refractivity contribution < 1.29 is 4.74 Å². The Morgan fingerprint density at radius 2 is 1.12 bits per heavy atom. The summed E-state index contributed by atoms with van der Waals surface area (Å²) in [6.45, 7) is 8.17. The average Bonchev–Trinajstić information content (AvgIpc) is 1.27. The van der Waals surface area contributed by atoms with Crippen molar-refractivity contribution >= 4 is 23.1 Å². The highest BCUT2D eigenvalue weighted by atomic mass is 24.3. The second-order valence-electron chi connectivity index (χ2n) is 2.23. The zero-order chi connectivity index (χ0) is 5.86. The monoisotopic (exact) mass is 126 g/mol. The van der Waals surface area contributed by atoms with Crippen LogP contribution in [0, 0.1) is 0 Å². The summed E-state index contributed by atoms with van der Waals surface area (Å²) in [6, 6.07) is 0. The number of hydrogen-bond acceptors (Lipinski definition) is 1. The summed E-state index contributed by atoms with van der Waals surface area (Å²) in [5.74, 6) is 0. The molecule has 8 heavy (non-hydrogen) atoms. The minimum absolute atomic E-state index is 0. The van der Waals surface area contributed by atoms with Crippen molar-refractivity contribution in [1.82, 2.24) is 0 Å². The molecule has 0 spiro atoms. The van der Waals surface area contributed by atoms with Gasteiger partial charge in [0.25, 0.3) is 0 Å². The standard InChI is InChI=1S/C6H14O.Mg/c1-5(2)7-6(3)4;/h5-6H,1-4H3;. The second-order valence-corrected chi connectivity index (χ2v) is 2.23. The Labute approximate surface area is 67.9 Å². The van der Waals surface area contributed by atoms with Crippen molar-refractivity contribution in [1.29, 1.82) is 0 Å². The van der Waals surface area contributed by atoms with Crippen molar-refractivity contribution in [3.63, 3.8) is 0 Å². The van der Waals surface area contributed by atoms with Crippen molar-refractivity contribution in [3.05, 3.63) is 0 Å². The summed E-state index contributed by atoms with van der Waals surface area (Å²) in [7, 11) is 0. The van der Waals surface area contributed by atoms with Gasteiger partial charge in [-0.2, -0.15) is 0 Å². The molecule has 0 atom stereocenters. The maximum absolute atomic E-state index is 5.25. The van der Waals surface area contributed by atoms with Crippen LogP contribution in [0.2, 0.25) is 0 Å². The van der Waals surface area contributed by atoms with Crippen LogP contribution in [0.25, 0.3) is 0 Å². The zero-order valence-electron chi connectivity index (χ0n) is 6.27. The molecule has 0 aromatic heterocycles. The topological polar surface area (TPSA) is 9.23 Å². The molecule has 46 valence electrons. The first kappa shape index (κ1) is 11.5. The second kappa shape index (κ2) is 5.86. The third kappa shape index (κ3) is 9.87. The van der Waals surface area contributed by atoms with Gasteiger partial charge in [0.05, 0.1) is 12.2 Å². The van der Waals surface area contributed by atoms with Gasteiger partial charge in [-0.15, -0.1) is 0 Å². The minimum atomic E-state index is 0. The van der Waals surface area contributed by atoms with E-state index < -0.39 is 0 Å². The number of hydrogen-bond donors (Lipinski definition) is 0. The van der Waals surface area contributed by atoms with E-state index in [0.29, 0.717) is 12.2 Å². The molecule has 0 aliphatic rings. The van der Waals surface area contributed by atoms with Gasteiger partial charge in [0.2, 0.25) is 0 Å². The lowest BCUT2D eigenvalue weighted by Gasteiger charge is -2.09. The smallest absolute Gasteiger partial charge is 0.0522 e. The Hall–Kier alpha value is 0.726. The molecule has 1 nitrogen and oxygen atoms in total. The van der Waals surface area contributed by atoms with Gasteiger partial charge in [-0.1, -0.05) is 0 Å². The highest BCUT2D eigenvalue weighted by Gasteiger charge is 1.94. The maximum Gasteiger partial charge on any atom is 0.0522 e. The van der Waals surface area contributed by atoms with E-state index in [-0.39, 0.29) is 23.1 Å². The quantitative estimate of drug-likeness (QED) is 0.509. The molecule has 0 bridgehead atoms. The molecular formula is C6H14MgO. The molecule has 0 saturated heterocycles. The van der Waals surface area contributed by atoms with Crippen molar-refractivity contribution in [2.75, 3.05) is 0 Å². The molecule has 0 rings (SSSR count). The summed E-state index contributed by atoms with van der Waals surface area (Å²) < 4.78 is 5.25. The van der Waals surface area contributed by atoms with Crippen LogP contribution in [0.5, 0.6) is 0 Å². The Morgan fingerprint density at radius 1 is 0.875 bits per heavy atom. The SMILES string of the molecule is CC(C)OC(C)C.[Mg]. The van der Waals surface area contributed by atoms with E-state index in [0.717, 1.165) is 0 Å². The van der Waals surface area contributed by atoms with Crippen LogP contribution >= 0.6 is 0 Å². The van der Waals surface area contributed by atoms with Gasteiger partial charge in [-0.3, -0.25) is 0 Å². The molecule has 0 aliphatic carbocycles. The normalized spacial score (nSPS) is 9.75. The first-order valence-corrected chi connectivity index (χ1v) is 2.78. The Morgan fingerprint density at radius 3 is 1.12 bits per heavy atom. The fourth-order valence-electron chi connectivity index (χ4n) is 0.544. The molecule has 0 saturated carbocycles. The molecule has 0 unspecified atom stereocenters. The lowest BCUT2D eigenvalue weighted by molar-refractivity contribution is 0.0300. The third-order valence-electron chi connectivity index (χ3n) is 0.544. The van der Waals surface area contributed by atoms with Gasteiger partial charge in [0.1, 0.15) is 0 Å². The first-order chi connectivity index (χ1) is 3.13. The van der Waals surface area contributed by atoms with Crippen LogP contribution in [-0.4, -0.2) is 35.3 Å². The fraction of sp³-hybridized carbons (Fsp3) is 1.00. The molecule has 0 aliphatic heterocycles. The summed E-state index contributed by atoms with van der Waals surface area (Å²) in [5, 5.41) is 0. The Bertz CT molecular complexity index is 37.8. The molecule has 2 heteroatoms. The van der Waals surface area contributed by atoms with E-state index >= 15 is 0 Å². The van der Waals surface area contributed by atoms with Crippen LogP contribution < -0.4 is 0 Å². The lowest BCUT2D eigenvalue weighted by atomic mass is 10.4. The van der Waals surface area contributed by atoms with Crippen LogP contribution in [0.1, 0.15) is 27.7 Å². The Balaban J connectivity index is 0. The van der Waals surface area contributed by atoms with Crippen molar-refractivity contribution in [3.8, 4) is 0 Å². The molecule has 0 heterocycles. The molecule has 0 amide bonds. The van der Waals surface area contributed by atoms with Gasteiger partial charge >= 0.3 is 0 Å². The van der Waals surface area contributed by atoms with Gasteiger partial charge < -0.3 is 4.74 Å². The van der Waals surface area contributed by atoms with Crippen LogP contribution in [0.3, 0.4) is 0 Å². The van der Waals surface area contributed by atoms with Crippen molar-refractivity contribution in [2.45, 2.75) is 39.9 Å². The van der Waals surface area contributed by atoms with E-state index in [9.17, 15) is 0 Å². The summed E-state index contributed by atoms with van der Waals surface area (Å²) in [4.78, 5) is 0. The van der Waals surface area contributed by atoms with Crippen molar-refractivity contribution in [2.24, 2.45) is 0 Å². The molecule has 2 radical (unpaired) electrons. The summed E-state index contributed by atoms with van der Waals surface area (Å²) in [5.41, 5.74) is 0. The van der Waals surface area contributed by atoms with Gasteiger partial charge in [-0.25, -0.2) is 0 Å². The minimum Gasteiger partial charge on any atom is -0.376 e. The zero-order valence-corrected chi connectivity index (χ0v) is 7.68. The molecule has 0 N–H and O–H groups in total. The molecule has 0 fully saturated rings. The summed E-state index contributed by atoms with van der Waals surface area (Å²) in [6.07, 6.45) is 0.750. The van der Waals surface area contributed by atoms with E-state index in [1.165, 1.54) is 0 Å². The maximum atomic E-state index is 5.25. The highest BCUT2D eigenvalue weighted by molar-refractivity contribution is 5.75. The van der Waals surface area contributed by atoms with Crippen LogP contribution in [-0.2, 0) is 4.74 Å². The van der Waals surface area contributed by atoms with Gasteiger partial charge in [0.15, 0.2) is 0 Å². The van der Waals surface area contributed by atoms with E-state index in [1.807, 2.05) is 27.7 Å². The van der Waals surface area contributed by atoms with Gasteiger partial charge in [-0.05, 0) is 27.7 Å². The fourth-order valence-corrected chi connectivity index (χ4v) is 0.544. The lowest BCUT2D eigenvalue weighted by Crippen LogP contribution is -2.09. The molecular weight excluding hydrogens is 112 g/mol. The predicted molar refractivity (Wildman–Crippen MR) is 37.1 cm³/mol. The first-order valence-electron chi connectivity index (χ1n) is 2.78. The molecule has 0 aromatic rings. The highest BCUT2D eigenvalue weighted by Crippen LogP contribution is 1.93. The van der Waals surface area contributed by atoms with Crippen LogP contribution in [0.15, 0.2) is 0 Å². The largest absolute Gasteiger partial charge is 0.376 e. The average molecular weight is 126 g/mol. The van der Waals surface area contributed by atoms with E-state index in [1.54, 1.807) is 0 Å².